The molecule has 0 amide bonds. The molecule has 2 aliphatic heterocycles. The molecule has 70 valence electrons. The molecule has 0 spiro atoms. The van der Waals surface area contributed by atoms with Gasteiger partial charge in [0.15, 0.2) is 0 Å². The first-order valence-corrected chi connectivity index (χ1v) is 5.31. The van der Waals surface area contributed by atoms with Crippen molar-refractivity contribution in [1.29, 1.82) is 0 Å². The van der Waals surface area contributed by atoms with Crippen molar-refractivity contribution in [1.82, 2.24) is 10.2 Å². The lowest BCUT2D eigenvalue weighted by Crippen LogP contribution is -2.43. The Morgan fingerprint density at radius 1 is 1.17 bits per heavy atom. The van der Waals surface area contributed by atoms with E-state index in [1.54, 1.807) is 0 Å². The summed E-state index contributed by atoms with van der Waals surface area (Å²) in [4.78, 5) is 2.56. The number of rotatable bonds is 0. The molecule has 2 nitrogen and oxygen atoms in total. The van der Waals surface area contributed by atoms with Crippen LogP contribution in [0.15, 0.2) is 0 Å². The van der Waals surface area contributed by atoms with Crippen molar-refractivity contribution in [3.8, 4) is 0 Å². The van der Waals surface area contributed by atoms with Crippen molar-refractivity contribution >= 4 is 0 Å². The highest BCUT2D eigenvalue weighted by atomic mass is 15.2. The van der Waals surface area contributed by atoms with Gasteiger partial charge in [0.25, 0.3) is 0 Å². The quantitative estimate of drug-likeness (QED) is 0.585. The van der Waals surface area contributed by atoms with Gasteiger partial charge in [-0.1, -0.05) is 12.8 Å². The predicted octanol–water partition coefficient (Wildman–Crippen LogP) is 1.22. The standard InChI is InChI=1S/C10H20N2/c1-12-8-4-2-3-5-9-10(12)6-7-11-9/h9-11H,2-8H2,1H3/t9-,10+/m1/s1. The molecule has 0 unspecified atom stereocenters. The normalized spacial score (nSPS) is 38.8. The number of hydrogen-bond acceptors (Lipinski definition) is 2. The molecule has 0 saturated carbocycles. The summed E-state index contributed by atoms with van der Waals surface area (Å²) >= 11 is 0. The molecule has 0 bridgehead atoms. The second kappa shape index (κ2) is 3.75. The Balaban J connectivity index is 1.98. The molecule has 0 aromatic heterocycles. The van der Waals surface area contributed by atoms with Crippen LogP contribution in [0.25, 0.3) is 0 Å². The molecular formula is C10H20N2. The largest absolute Gasteiger partial charge is 0.312 e. The van der Waals surface area contributed by atoms with Crippen molar-refractivity contribution in [3.63, 3.8) is 0 Å². The number of hydrogen-bond donors (Lipinski definition) is 1. The molecule has 0 radical (unpaired) electrons. The second-order valence-electron chi connectivity index (χ2n) is 4.25. The number of likely N-dealkylation sites (tertiary alicyclic amines) is 1. The van der Waals surface area contributed by atoms with Crippen LogP contribution in [0.3, 0.4) is 0 Å². The monoisotopic (exact) mass is 168 g/mol. The van der Waals surface area contributed by atoms with E-state index in [-0.39, 0.29) is 0 Å². The zero-order valence-electron chi connectivity index (χ0n) is 8.05. The first-order chi connectivity index (χ1) is 5.88. The van der Waals surface area contributed by atoms with Crippen molar-refractivity contribution in [2.24, 2.45) is 0 Å². The summed E-state index contributed by atoms with van der Waals surface area (Å²) in [6.07, 6.45) is 7.02. The van der Waals surface area contributed by atoms with E-state index in [9.17, 15) is 0 Å². The van der Waals surface area contributed by atoms with Crippen LogP contribution in [0, 0.1) is 0 Å². The summed E-state index contributed by atoms with van der Waals surface area (Å²) in [5.74, 6) is 0. The third kappa shape index (κ3) is 1.64. The zero-order chi connectivity index (χ0) is 8.39. The molecule has 0 aliphatic carbocycles. The number of fused-ring (bicyclic) bond motifs is 1. The van der Waals surface area contributed by atoms with Gasteiger partial charge in [0, 0.05) is 12.1 Å². The van der Waals surface area contributed by atoms with Crippen LogP contribution in [0.1, 0.15) is 32.1 Å². The van der Waals surface area contributed by atoms with Crippen LogP contribution < -0.4 is 5.32 Å². The number of likely N-dealkylation sites (N-methyl/N-ethyl adjacent to an activating group) is 1. The molecule has 12 heavy (non-hydrogen) atoms. The third-order valence-corrected chi connectivity index (χ3v) is 3.40. The lowest BCUT2D eigenvalue weighted by molar-refractivity contribution is 0.197. The second-order valence-corrected chi connectivity index (χ2v) is 4.25. The van der Waals surface area contributed by atoms with Gasteiger partial charge in [0.2, 0.25) is 0 Å². The van der Waals surface area contributed by atoms with Crippen LogP contribution in [0.5, 0.6) is 0 Å². The maximum absolute atomic E-state index is 3.62. The SMILES string of the molecule is CN1CCCCC[C@H]2NCC[C@@H]21. The van der Waals surface area contributed by atoms with Crippen LogP contribution in [0.2, 0.25) is 0 Å². The van der Waals surface area contributed by atoms with Crippen molar-refractivity contribution in [2.45, 2.75) is 44.2 Å². The fourth-order valence-corrected chi connectivity index (χ4v) is 2.64. The van der Waals surface area contributed by atoms with Gasteiger partial charge in [-0.15, -0.1) is 0 Å². The van der Waals surface area contributed by atoms with Crippen molar-refractivity contribution in [3.05, 3.63) is 0 Å². The van der Waals surface area contributed by atoms with E-state index in [2.05, 4.69) is 17.3 Å². The lowest BCUT2D eigenvalue weighted by atomic mass is 9.98. The fraction of sp³-hybridized carbons (Fsp3) is 1.00. The van der Waals surface area contributed by atoms with Crippen molar-refractivity contribution in [2.75, 3.05) is 20.1 Å². The van der Waals surface area contributed by atoms with Crippen LogP contribution in [0.4, 0.5) is 0 Å². The fourth-order valence-electron chi connectivity index (χ4n) is 2.64. The topological polar surface area (TPSA) is 15.3 Å². The van der Waals surface area contributed by atoms with Gasteiger partial charge in [0.05, 0.1) is 0 Å². The minimum Gasteiger partial charge on any atom is -0.312 e. The third-order valence-electron chi connectivity index (χ3n) is 3.40. The van der Waals surface area contributed by atoms with Gasteiger partial charge in [0.1, 0.15) is 0 Å². The summed E-state index contributed by atoms with van der Waals surface area (Å²) in [6, 6.07) is 1.64. The molecule has 2 heterocycles. The first-order valence-electron chi connectivity index (χ1n) is 5.31. The van der Waals surface area contributed by atoms with E-state index in [0.29, 0.717) is 0 Å². The smallest absolute Gasteiger partial charge is 0.0258 e. The Labute approximate surface area is 75.3 Å². The van der Waals surface area contributed by atoms with E-state index < -0.39 is 0 Å². The van der Waals surface area contributed by atoms with Crippen LogP contribution >= 0.6 is 0 Å². The Hall–Kier alpha value is -0.0800. The van der Waals surface area contributed by atoms with E-state index >= 15 is 0 Å². The van der Waals surface area contributed by atoms with Crippen molar-refractivity contribution < 1.29 is 0 Å². The van der Waals surface area contributed by atoms with Gasteiger partial charge in [-0.25, -0.2) is 0 Å². The van der Waals surface area contributed by atoms with Gasteiger partial charge in [-0.2, -0.15) is 0 Å². The Morgan fingerprint density at radius 2 is 2.08 bits per heavy atom. The number of nitrogens with one attached hydrogen (secondary N) is 1. The van der Waals surface area contributed by atoms with E-state index in [4.69, 9.17) is 0 Å². The lowest BCUT2D eigenvalue weighted by Gasteiger charge is -2.31. The summed E-state index contributed by atoms with van der Waals surface area (Å²) in [6.45, 7) is 2.54. The highest BCUT2D eigenvalue weighted by Crippen LogP contribution is 2.21. The number of nitrogens with zero attached hydrogens (tertiary/aromatic N) is 1. The van der Waals surface area contributed by atoms with Gasteiger partial charge < -0.3 is 10.2 Å². The maximum atomic E-state index is 3.62. The average molecular weight is 168 g/mol. The van der Waals surface area contributed by atoms with Gasteiger partial charge >= 0.3 is 0 Å². The van der Waals surface area contributed by atoms with Gasteiger partial charge in [-0.05, 0) is 39.4 Å². The Bertz CT molecular complexity index is 147. The summed E-state index contributed by atoms with van der Waals surface area (Å²) in [7, 11) is 2.29. The first kappa shape index (κ1) is 8.52. The van der Waals surface area contributed by atoms with E-state index in [1.807, 2.05) is 0 Å². The minimum atomic E-state index is 0.801. The highest BCUT2D eigenvalue weighted by molar-refractivity contribution is 4.90. The molecule has 2 heteroatoms. The van der Waals surface area contributed by atoms with Gasteiger partial charge in [-0.3, -0.25) is 0 Å². The van der Waals surface area contributed by atoms with Crippen LogP contribution in [-0.4, -0.2) is 37.1 Å². The zero-order valence-corrected chi connectivity index (χ0v) is 8.05. The molecule has 2 rings (SSSR count). The van der Waals surface area contributed by atoms with Crippen LogP contribution in [-0.2, 0) is 0 Å². The Morgan fingerprint density at radius 3 is 3.00 bits per heavy atom. The summed E-state index contributed by atoms with van der Waals surface area (Å²) < 4.78 is 0. The van der Waals surface area contributed by atoms with E-state index in [1.165, 1.54) is 45.2 Å². The molecular weight excluding hydrogens is 148 g/mol. The molecule has 2 atom stereocenters. The van der Waals surface area contributed by atoms with E-state index in [0.717, 1.165) is 12.1 Å². The molecule has 0 aromatic rings. The minimum absolute atomic E-state index is 0.801. The molecule has 0 aromatic carbocycles. The summed E-state index contributed by atoms with van der Waals surface area (Å²) in [5.41, 5.74) is 0. The maximum Gasteiger partial charge on any atom is 0.0258 e. The Kier molecular flexibility index (Phi) is 2.66. The average Bonchev–Trinajstić information content (AvgIpc) is 2.47. The predicted molar refractivity (Wildman–Crippen MR) is 51.3 cm³/mol. The molecule has 1 N–H and O–H groups in total. The highest BCUT2D eigenvalue weighted by Gasteiger charge is 2.29. The molecule has 2 fully saturated rings. The summed E-state index contributed by atoms with van der Waals surface area (Å²) in [5, 5.41) is 3.62. The molecule has 2 saturated heterocycles. The molecule has 2 aliphatic rings.